The molecule has 6 aliphatic rings. The van der Waals surface area contributed by atoms with E-state index in [0.717, 1.165) is 82.5 Å². The van der Waals surface area contributed by atoms with Crippen molar-refractivity contribution < 1.29 is 28.0 Å². The Labute approximate surface area is 378 Å². The van der Waals surface area contributed by atoms with E-state index in [9.17, 15) is 19.2 Å². The number of nitrogens with one attached hydrogen (secondary N) is 3. The lowest BCUT2D eigenvalue weighted by atomic mass is 10.1. The molecule has 0 spiro atoms. The summed E-state index contributed by atoms with van der Waals surface area (Å²) < 4.78 is 11.1. The van der Waals surface area contributed by atoms with Crippen LogP contribution in [0.5, 0.6) is 0 Å². The second kappa shape index (κ2) is 19.9. The average Bonchev–Trinajstić information content (AvgIpc) is 4.11. The van der Waals surface area contributed by atoms with E-state index in [4.69, 9.17) is 26.2 Å². The van der Waals surface area contributed by atoms with Gasteiger partial charge in [0.1, 0.15) is 11.5 Å². The molecule has 0 radical (unpaired) electrons. The number of anilines is 4. The van der Waals surface area contributed by atoms with E-state index >= 15 is 0 Å². The number of fused-ring (bicyclic) bond motifs is 2. The van der Waals surface area contributed by atoms with E-state index in [1.54, 1.807) is 12.5 Å². The molecule has 328 valence electrons. The van der Waals surface area contributed by atoms with Crippen LogP contribution in [0.15, 0.2) is 92.2 Å². The van der Waals surface area contributed by atoms with Crippen molar-refractivity contribution in [2.75, 3.05) is 72.2 Å². The molecule has 20 heteroatoms. The number of benzene rings is 2. The summed E-state index contributed by atoms with van der Waals surface area (Å²) in [6, 6.07) is 20.0. The van der Waals surface area contributed by atoms with Crippen molar-refractivity contribution in [1.29, 1.82) is 0 Å². The minimum absolute atomic E-state index is 0. The first-order chi connectivity index (χ1) is 29.6. The second-order valence-corrected chi connectivity index (χ2v) is 17.4. The zero-order valence-corrected chi connectivity index (χ0v) is 37.3. The Morgan fingerprint density at radius 1 is 0.774 bits per heavy atom. The van der Waals surface area contributed by atoms with Gasteiger partial charge >= 0.3 is 10.5 Å². The largest absolute Gasteiger partial charge is 0.465 e. The first kappa shape index (κ1) is 44.9. The molecule has 0 bridgehead atoms. The molecule has 4 aliphatic heterocycles. The fourth-order valence-corrected chi connectivity index (χ4v) is 8.82. The van der Waals surface area contributed by atoms with Crippen LogP contribution in [0.3, 0.4) is 0 Å². The topological polar surface area (TPSA) is 194 Å². The predicted octanol–water partition coefficient (Wildman–Crippen LogP) is 7.49. The Morgan fingerprint density at radius 3 is 1.66 bits per heavy atom. The van der Waals surface area contributed by atoms with Crippen LogP contribution in [0.25, 0.3) is 0 Å². The summed E-state index contributed by atoms with van der Waals surface area (Å²) in [6.07, 6.45) is 7.23. The van der Waals surface area contributed by atoms with E-state index in [2.05, 4.69) is 60.2 Å². The minimum Gasteiger partial charge on any atom is -0.465 e. The SMILES string of the molecule is CN1c2ccc(C3=NN(CCN)C(=O)SC3)cc2NC1c1ccco1.CN1c2ccc(C3=NN(CCNC(=O)C4CC4)C(=O)SC3)cc2NC1c1ccco1.Cl.O=C(Cl)C1CC1. The molecule has 16 nitrogen and oxygen atoms in total. The number of thioether (sulfide) groups is 2. The lowest BCUT2D eigenvalue weighted by Crippen LogP contribution is -2.37. The highest BCUT2D eigenvalue weighted by Crippen LogP contribution is 2.42. The number of halogens is 2. The van der Waals surface area contributed by atoms with Crippen LogP contribution in [-0.4, -0.2) is 94.8 Å². The lowest BCUT2D eigenvalue weighted by molar-refractivity contribution is -0.122. The molecule has 62 heavy (non-hydrogen) atoms. The van der Waals surface area contributed by atoms with E-state index in [0.29, 0.717) is 37.7 Å². The maximum atomic E-state index is 12.2. The summed E-state index contributed by atoms with van der Waals surface area (Å²) in [4.78, 5) is 50.1. The molecule has 2 aliphatic carbocycles. The van der Waals surface area contributed by atoms with E-state index < -0.39 is 0 Å². The highest BCUT2D eigenvalue weighted by atomic mass is 35.5. The first-order valence-corrected chi connectivity index (χ1v) is 22.5. The van der Waals surface area contributed by atoms with Gasteiger partial charge in [-0.25, -0.2) is 10.0 Å². The third-order valence-electron chi connectivity index (χ3n) is 10.8. The Balaban J connectivity index is 0.000000164. The molecule has 2 saturated carbocycles. The number of amides is 3. The van der Waals surface area contributed by atoms with Gasteiger partial charge in [0.2, 0.25) is 11.1 Å². The molecule has 2 aromatic carbocycles. The van der Waals surface area contributed by atoms with Crippen LogP contribution < -0.4 is 31.5 Å². The van der Waals surface area contributed by atoms with Gasteiger partial charge in [-0.1, -0.05) is 35.7 Å². The summed E-state index contributed by atoms with van der Waals surface area (Å²) in [6.45, 7) is 1.62. The van der Waals surface area contributed by atoms with Crippen LogP contribution in [0, 0.1) is 11.8 Å². The van der Waals surface area contributed by atoms with Crippen molar-refractivity contribution in [1.82, 2.24) is 15.3 Å². The first-order valence-electron chi connectivity index (χ1n) is 20.1. The fraction of sp³-hybridized carbons (Fsp3) is 0.381. The fourth-order valence-electron chi connectivity index (χ4n) is 7.07. The Kier molecular flexibility index (Phi) is 14.4. The monoisotopic (exact) mass is 922 g/mol. The molecular weight excluding hydrogens is 876 g/mol. The van der Waals surface area contributed by atoms with E-state index in [1.807, 2.05) is 50.5 Å². The van der Waals surface area contributed by atoms with Crippen molar-refractivity contribution >= 4 is 103 Å². The van der Waals surface area contributed by atoms with Gasteiger partial charge in [-0.15, -0.1) is 12.4 Å². The molecule has 10 rings (SSSR count). The predicted molar refractivity (Wildman–Crippen MR) is 248 cm³/mol. The van der Waals surface area contributed by atoms with Gasteiger partial charge < -0.3 is 40.3 Å². The number of hydrogen-bond acceptors (Lipinski definition) is 15. The van der Waals surface area contributed by atoms with Gasteiger partial charge in [0.05, 0.1) is 59.8 Å². The van der Waals surface area contributed by atoms with Gasteiger partial charge in [-0.2, -0.15) is 10.2 Å². The van der Waals surface area contributed by atoms with Gasteiger partial charge in [0.15, 0.2) is 12.3 Å². The summed E-state index contributed by atoms with van der Waals surface area (Å²) in [5, 5.41) is 21.5. The van der Waals surface area contributed by atoms with Crippen LogP contribution in [0.1, 0.15) is 60.7 Å². The Bertz CT molecular complexity index is 2320. The molecule has 2 atom stereocenters. The van der Waals surface area contributed by atoms with Gasteiger partial charge in [-0.05, 0) is 85.8 Å². The van der Waals surface area contributed by atoms with Gasteiger partial charge in [0.25, 0.3) is 0 Å². The van der Waals surface area contributed by atoms with E-state index in [-0.39, 0.29) is 58.2 Å². The Hall–Kier alpha value is -5.14. The quantitative estimate of drug-likeness (QED) is 0.108. The van der Waals surface area contributed by atoms with Gasteiger partial charge in [0, 0.05) is 61.7 Å². The number of carbonyl (C=O) groups is 4. The molecule has 2 unspecified atom stereocenters. The number of rotatable bonds is 11. The zero-order valence-electron chi connectivity index (χ0n) is 34.1. The second-order valence-electron chi connectivity index (χ2n) is 15.2. The number of furan rings is 2. The molecule has 5 N–H and O–H groups in total. The molecule has 0 saturated heterocycles. The number of hydrazone groups is 2. The number of hydrogen-bond donors (Lipinski definition) is 4. The van der Waals surface area contributed by atoms with Gasteiger partial charge in [-0.3, -0.25) is 19.2 Å². The van der Waals surface area contributed by atoms with Crippen LogP contribution in [0.4, 0.5) is 32.3 Å². The molecule has 4 aromatic rings. The summed E-state index contributed by atoms with van der Waals surface area (Å²) >= 11 is 7.53. The summed E-state index contributed by atoms with van der Waals surface area (Å²) in [5.74, 6) is 3.28. The molecule has 6 heterocycles. The lowest BCUT2D eigenvalue weighted by Gasteiger charge is -2.23. The zero-order chi connectivity index (χ0) is 42.6. The number of carbonyl (C=O) groups excluding carboxylic acids is 4. The maximum absolute atomic E-state index is 12.2. The average molecular weight is 924 g/mol. The molecule has 2 aromatic heterocycles. The Morgan fingerprint density at radius 2 is 1.26 bits per heavy atom. The third kappa shape index (κ3) is 10.4. The summed E-state index contributed by atoms with van der Waals surface area (Å²) in [7, 11) is 4.05. The van der Waals surface area contributed by atoms with Crippen molar-refractivity contribution in [3.63, 3.8) is 0 Å². The molecular formula is C42H48Cl2N10O6S2. The maximum Gasteiger partial charge on any atom is 0.302 e. The minimum atomic E-state index is -0.157. The highest BCUT2D eigenvalue weighted by molar-refractivity contribution is 8.14. The van der Waals surface area contributed by atoms with Crippen LogP contribution >= 0.6 is 47.5 Å². The van der Waals surface area contributed by atoms with Crippen LogP contribution in [-0.2, 0) is 9.59 Å². The van der Waals surface area contributed by atoms with Crippen molar-refractivity contribution in [2.24, 2.45) is 27.8 Å². The number of nitrogens with two attached hydrogens (primary N) is 1. The van der Waals surface area contributed by atoms with Crippen molar-refractivity contribution in [3.05, 3.63) is 95.8 Å². The molecule has 3 amide bonds. The third-order valence-corrected chi connectivity index (χ3v) is 12.8. The standard InChI is InChI=1S/C21H23N5O3S.C17H19N5O2S.C4H5ClO.ClH/c1-25-17-7-6-14(11-15(17)23-19(25)18-3-2-10-29-18)16-12-30-21(28)26(24-16)9-8-22-20(27)13-4-5-13;1-21-14-5-4-11(13-10-25-17(23)22(20-13)7-6-18)9-12(14)19-16(21)15-3-2-8-24-15;5-4(6)3-1-2-3;/h2-3,6-7,10-11,13,19,23H,4-5,8-9,12H2,1H3,(H,22,27);2-5,8-9,16,19H,6-7,10,18H2,1H3;3H,1-2H2;1H. The number of nitrogens with zero attached hydrogens (tertiary/aromatic N) is 6. The van der Waals surface area contributed by atoms with E-state index in [1.165, 1.54) is 33.5 Å². The van der Waals surface area contributed by atoms with Crippen molar-refractivity contribution in [3.8, 4) is 0 Å². The molecule has 2 fully saturated rings. The smallest absolute Gasteiger partial charge is 0.302 e. The summed E-state index contributed by atoms with van der Waals surface area (Å²) in [5.41, 5.74) is 13.5. The van der Waals surface area contributed by atoms with Crippen molar-refractivity contribution in [2.45, 2.75) is 38.0 Å². The normalized spacial score (nSPS) is 19.9. The van der Waals surface area contributed by atoms with Crippen LogP contribution in [0.2, 0.25) is 0 Å². The highest BCUT2D eigenvalue weighted by Gasteiger charge is 2.33.